The number of unbranched alkanes of at least 4 members (excludes halogenated alkanes) is 27. The highest BCUT2D eigenvalue weighted by molar-refractivity contribution is 7.47. The molecule has 5 unspecified atom stereocenters. The molecule has 0 saturated heterocycles. The van der Waals surface area contributed by atoms with E-state index in [-0.39, 0.29) is 19.3 Å². The van der Waals surface area contributed by atoms with Gasteiger partial charge in [-0.1, -0.05) is 242 Å². The number of rotatable bonds is 60. The van der Waals surface area contributed by atoms with Crippen molar-refractivity contribution in [2.75, 3.05) is 39.6 Å². The average Bonchev–Trinajstić information content (AvgIpc) is 3.45. The summed E-state index contributed by atoms with van der Waals surface area (Å²) in [7, 11) is -9.75. The van der Waals surface area contributed by atoms with Crippen LogP contribution in [0.25, 0.3) is 0 Å². The van der Waals surface area contributed by atoms with Crippen molar-refractivity contribution in [3.63, 3.8) is 0 Å². The molecular weight excluding hydrogens is 1070 g/mol. The number of carbonyl (C=O) groups excluding carboxylic acids is 3. The van der Waals surface area contributed by atoms with Gasteiger partial charge in [0.05, 0.1) is 26.4 Å². The molecule has 0 amide bonds. The summed E-state index contributed by atoms with van der Waals surface area (Å²) in [6.07, 6.45) is 55.7. The Kier molecular flexibility index (Phi) is 55.7. The normalized spacial score (nSPS) is 14.8. The lowest BCUT2D eigenvalue weighted by Crippen LogP contribution is -2.30. The largest absolute Gasteiger partial charge is 0.472 e. The minimum atomic E-state index is -4.91. The number of carbonyl (C=O) groups is 3. The lowest BCUT2D eigenvalue weighted by atomic mass is 10.0. The van der Waals surface area contributed by atoms with Crippen LogP contribution in [0.15, 0.2) is 60.8 Å². The number of allylic oxidation sites excluding steroid dienone is 10. The molecule has 0 heterocycles. The Balaban J connectivity index is 4.56. The molecule has 18 heteroatoms. The van der Waals surface area contributed by atoms with Crippen LogP contribution in [0.1, 0.15) is 265 Å². The van der Waals surface area contributed by atoms with Gasteiger partial charge in [-0.15, -0.1) is 0 Å². The highest BCUT2D eigenvalue weighted by atomic mass is 31.2. The molecule has 0 aliphatic heterocycles. The van der Waals surface area contributed by atoms with Crippen molar-refractivity contribution >= 4 is 33.6 Å². The monoisotopic (exact) mass is 1190 g/mol. The standard InChI is InChI=1S/C63H114O16P2/c1-4-7-10-13-16-19-22-24-25-26-27-28-29-30-31-33-36-37-40-43-46-49-61(66)73-52-58(64)53-75-80(69,70)76-54-59(65)55-77-81(71,72)78-57-60(79-63(68)51-48-45-42-39-34-21-18-15-12-9-6-3)56-74-62(67)50-47-44-41-38-35-32-23-20-17-14-11-8-5-2/h7,10,16,19,24-25,27-28,30-31,58-60,64-65H,4-6,8-9,11-15,17-18,20-23,26,29,32-57H2,1-3H3,(H,69,70)(H,71,72)/b10-7-,19-16-,25-24-,28-27-,31-30-. The summed E-state index contributed by atoms with van der Waals surface area (Å²) >= 11 is 0. The van der Waals surface area contributed by atoms with Crippen molar-refractivity contribution in [3.8, 4) is 0 Å². The maximum atomic E-state index is 12.8. The lowest BCUT2D eigenvalue weighted by Gasteiger charge is -2.21. The van der Waals surface area contributed by atoms with Gasteiger partial charge in [0, 0.05) is 19.3 Å². The Bertz CT molecular complexity index is 1730. The summed E-state index contributed by atoms with van der Waals surface area (Å²) < 4.78 is 60.6. The molecule has 16 nitrogen and oxygen atoms in total. The zero-order valence-corrected chi connectivity index (χ0v) is 52.5. The van der Waals surface area contributed by atoms with Gasteiger partial charge in [-0.05, 0) is 64.2 Å². The maximum absolute atomic E-state index is 12.8. The van der Waals surface area contributed by atoms with E-state index in [1.54, 1.807) is 0 Å². The Labute approximate surface area is 490 Å². The van der Waals surface area contributed by atoms with Gasteiger partial charge in [-0.3, -0.25) is 32.5 Å². The minimum absolute atomic E-state index is 0.111. The molecule has 0 spiro atoms. The van der Waals surface area contributed by atoms with E-state index in [0.717, 1.165) is 109 Å². The molecule has 0 rings (SSSR count). The molecule has 5 atom stereocenters. The Morgan fingerprint density at radius 2 is 0.654 bits per heavy atom. The van der Waals surface area contributed by atoms with Crippen LogP contribution in [0.5, 0.6) is 0 Å². The van der Waals surface area contributed by atoms with Crippen LogP contribution < -0.4 is 0 Å². The molecule has 0 saturated carbocycles. The molecular formula is C63H114O16P2. The quantitative estimate of drug-likeness (QED) is 0.0146. The highest BCUT2D eigenvalue weighted by Crippen LogP contribution is 2.45. The van der Waals surface area contributed by atoms with Crippen molar-refractivity contribution in [3.05, 3.63) is 60.8 Å². The smallest absolute Gasteiger partial charge is 0.463 e. The van der Waals surface area contributed by atoms with Crippen LogP contribution in [0.2, 0.25) is 0 Å². The Morgan fingerprint density at radius 3 is 1.04 bits per heavy atom. The molecule has 0 radical (unpaired) electrons. The van der Waals surface area contributed by atoms with E-state index in [2.05, 4.69) is 81.5 Å². The van der Waals surface area contributed by atoms with Gasteiger partial charge in [0.2, 0.25) is 0 Å². The van der Waals surface area contributed by atoms with Crippen molar-refractivity contribution in [2.45, 2.75) is 283 Å². The van der Waals surface area contributed by atoms with E-state index in [0.29, 0.717) is 19.3 Å². The number of phosphoric acid groups is 2. The first-order valence-corrected chi connectivity index (χ1v) is 34.6. The van der Waals surface area contributed by atoms with Crippen molar-refractivity contribution < 1.29 is 75.8 Å². The van der Waals surface area contributed by atoms with Crippen LogP contribution in [-0.4, -0.2) is 95.9 Å². The molecule has 0 fully saturated rings. The second-order valence-corrected chi connectivity index (χ2v) is 24.1. The van der Waals surface area contributed by atoms with E-state index < -0.39 is 91.5 Å². The van der Waals surface area contributed by atoms with Gasteiger partial charge in [-0.2, -0.15) is 0 Å². The van der Waals surface area contributed by atoms with Crippen LogP contribution in [-0.2, 0) is 55.8 Å². The van der Waals surface area contributed by atoms with Crippen molar-refractivity contribution in [1.82, 2.24) is 0 Å². The first-order chi connectivity index (χ1) is 39.2. The van der Waals surface area contributed by atoms with Crippen LogP contribution in [0, 0.1) is 0 Å². The predicted octanol–water partition coefficient (Wildman–Crippen LogP) is 16.6. The molecule has 0 bridgehead atoms. The van der Waals surface area contributed by atoms with E-state index in [4.69, 9.17) is 32.3 Å². The van der Waals surface area contributed by atoms with Gasteiger partial charge >= 0.3 is 33.6 Å². The first kappa shape index (κ1) is 78.2. The van der Waals surface area contributed by atoms with Gasteiger partial charge < -0.3 is 34.2 Å². The van der Waals surface area contributed by atoms with E-state index >= 15 is 0 Å². The summed E-state index contributed by atoms with van der Waals surface area (Å²) in [5.41, 5.74) is 0. The predicted molar refractivity (Wildman–Crippen MR) is 325 cm³/mol. The Morgan fingerprint density at radius 1 is 0.358 bits per heavy atom. The molecule has 0 aromatic carbocycles. The van der Waals surface area contributed by atoms with Crippen molar-refractivity contribution in [1.29, 1.82) is 0 Å². The molecule has 4 N–H and O–H groups in total. The molecule has 0 aromatic heterocycles. The fourth-order valence-corrected chi connectivity index (χ4v) is 10.0. The average molecular weight is 1190 g/mol. The Hall–Kier alpha value is -2.75. The minimum Gasteiger partial charge on any atom is -0.463 e. The van der Waals surface area contributed by atoms with Gasteiger partial charge in [0.25, 0.3) is 0 Å². The van der Waals surface area contributed by atoms with Crippen molar-refractivity contribution in [2.24, 2.45) is 0 Å². The second-order valence-electron chi connectivity index (χ2n) is 21.2. The summed E-state index contributed by atoms with van der Waals surface area (Å²) in [6.45, 7) is 2.53. The number of esters is 3. The summed E-state index contributed by atoms with van der Waals surface area (Å²) in [5, 5.41) is 20.5. The van der Waals surface area contributed by atoms with Crippen LogP contribution in [0.4, 0.5) is 0 Å². The van der Waals surface area contributed by atoms with Gasteiger partial charge in [0.1, 0.15) is 25.4 Å². The van der Waals surface area contributed by atoms with E-state index in [9.17, 15) is 43.5 Å². The number of phosphoric ester groups is 2. The van der Waals surface area contributed by atoms with Gasteiger partial charge in [-0.25, -0.2) is 9.13 Å². The fraction of sp³-hybridized carbons (Fsp3) is 0.794. The molecule has 0 aliphatic rings. The summed E-state index contributed by atoms with van der Waals surface area (Å²) in [6, 6.07) is 0. The molecule has 472 valence electrons. The number of aliphatic hydroxyl groups excluding tert-OH is 2. The van der Waals surface area contributed by atoms with Crippen LogP contribution >= 0.6 is 15.6 Å². The number of ether oxygens (including phenoxy) is 3. The number of aliphatic hydroxyl groups is 2. The third-order valence-corrected chi connectivity index (χ3v) is 15.2. The summed E-state index contributed by atoms with van der Waals surface area (Å²) in [5.74, 6) is -1.58. The third kappa shape index (κ3) is 58.8. The maximum Gasteiger partial charge on any atom is 0.472 e. The van der Waals surface area contributed by atoms with E-state index in [1.807, 2.05) is 0 Å². The van der Waals surface area contributed by atoms with E-state index in [1.165, 1.54) is 96.3 Å². The molecule has 81 heavy (non-hydrogen) atoms. The van der Waals surface area contributed by atoms with Gasteiger partial charge in [0.15, 0.2) is 6.10 Å². The zero-order chi connectivity index (χ0) is 59.6. The molecule has 0 aromatic rings. The fourth-order valence-electron chi connectivity index (χ4n) is 8.42. The number of hydrogen-bond acceptors (Lipinski definition) is 14. The zero-order valence-electron chi connectivity index (χ0n) is 50.7. The second kappa shape index (κ2) is 57.7. The third-order valence-electron chi connectivity index (χ3n) is 13.3. The molecule has 0 aliphatic carbocycles. The number of hydrogen-bond donors (Lipinski definition) is 4. The lowest BCUT2D eigenvalue weighted by molar-refractivity contribution is -0.161. The van der Waals surface area contributed by atoms with Crippen LogP contribution in [0.3, 0.4) is 0 Å². The SMILES string of the molecule is CC/C=C\C/C=C\C/C=C\C/C=C\C/C=C\CCCCCCCC(=O)OCC(O)COP(=O)(O)OCC(O)COP(=O)(O)OCC(COC(=O)CCCCCCCCCCCCCCC)OC(=O)CCCCCCCCCCCCC. The highest BCUT2D eigenvalue weighted by Gasteiger charge is 2.29. The topological polar surface area (TPSA) is 231 Å². The summed E-state index contributed by atoms with van der Waals surface area (Å²) in [4.78, 5) is 58.1. The first-order valence-electron chi connectivity index (χ1n) is 31.6.